The molecule has 0 aromatic carbocycles. The third-order valence-electron chi connectivity index (χ3n) is 6.14. The van der Waals surface area contributed by atoms with E-state index < -0.39 is 0 Å². The number of carbonyl (C=O) groups is 2. The van der Waals surface area contributed by atoms with Crippen molar-refractivity contribution in [1.82, 2.24) is 19.8 Å². The molecule has 4 rings (SSSR count). The van der Waals surface area contributed by atoms with Crippen LogP contribution in [0, 0.1) is 0 Å². The Balaban J connectivity index is 1.43. The summed E-state index contributed by atoms with van der Waals surface area (Å²) in [5.41, 5.74) is 1.08. The van der Waals surface area contributed by atoms with Gasteiger partial charge in [-0.05, 0) is 42.7 Å². The minimum absolute atomic E-state index is 0.0125. The van der Waals surface area contributed by atoms with Gasteiger partial charge in [0.25, 0.3) is 11.5 Å². The van der Waals surface area contributed by atoms with Crippen LogP contribution in [0.3, 0.4) is 0 Å². The Morgan fingerprint density at radius 2 is 2.03 bits per heavy atom. The maximum atomic E-state index is 12.8. The summed E-state index contributed by atoms with van der Waals surface area (Å²) < 4.78 is 1.73. The van der Waals surface area contributed by atoms with E-state index in [1.165, 1.54) is 7.05 Å². The van der Waals surface area contributed by atoms with Crippen LogP contribution in [0.25, 0.3) is 0 Å². The fourth-order valence-electron chi connectivity index (χ4n) is 4.56. The molecule has 32 heavy (non-hydrogen) atoms. The molecule has 0 saturated carbocycles. The second-order valence-electron chi connectivity index (χ2n) is 8.36. The van der Waals surface area contributed by atoms with Crippen LogP contribution in [0.15, 0.2) is 35.3 Å². The van der Waals surface area contributed by atoms with Crippen LogP contribution in [-0.2, 0) is 17.9 Å². The molecule has 170 valence electrons. The molecule has 0 bridgehead atoms. The van der Waals surface area contributed by atoms with Gasteiger partial charge in [-0.3, -0.25) is 23.9 Å². The maximum Gasteiger partial charge on any atom is 0.264 e. The Morgan fingerprint density at radius 1 is 1.19 bits per heavy atom. The van der Waals surface area contributed by atoms with E-state index in [4.69, 9.17) is 0 Å². The highest BCUT2D eigenvalue weighted by Crippen LogP contribution is 2.27. The van der Waals surface area contributed by atoms with Crippen LogP contribution >= 0.6 is 0 Å². The molecule has 2 aromatic heterocycles. The van der Waals surface area contributed by atoms with Crippen molar-refractivity contribution in [2.45, 2.75) is 45.3 Å². The van der Waals surface area contributed by atoms with Crippen molar-refractivity contribution in [3.05, 3.63) is 51.9 Å². The summed E-state index contributed by atoms with van der Waals surface area (Å²) in [5.74, 6) is 1.13. The molecule has 9 heteroatoms. The molecule has 0 spiro atoms. The summed E-state index contributed by atoms with van der Waals surface area (Å²) in [6, 6.07) is 7.77. The van der Waals surface area contributed by atoms with Gasteiger partial charge in [0.2, 0.25) is 5.91 Å². The lowest BCUT2D eigenvalue weighted by Gasteiger charge is -2.46. The highest BCUT2D eigenvalue weighted by atomic mass is 16.2. The molecule has 2 aromatic rings. The molecule has 2 aliphatic rings. The van der Waals surface area contributed by atoms with Crippen molar-refractivity contribution < 1.29 is 9.59 Å². The zero-order chi connectivity index (χ0) is 22.7. The first-order chi connectivity index (χ1) is 15.5. The van der Waals surface area contributed by atoms with Crippen molar-refractivity contribution in [2.75, 3.05) is 36.9 Å². The van der Waals surface area contributed by atoms with Gasteiger partial charge in [-0.25, -0.2) is 4.98 Å². The van der Waals surface area contributed by atoms with Crippen molar-refractivity contribution in [2.24, 2.45) is 0 Å². The van der Waals surface area contributed by atoms with Gasteiger partial charge in [0.15, 0.2) is 0 Å². The maximum absolute atomic E-state index is 12.8. The molecule has 1 saturated heterocycles. The average molecular weight is 439 g/mol. The Hall–Kier alpha value is -3.20. The number of nitrogens with zero attached hydrogens (tertiary/aromatic N) is 4. The Morgan fingerprint density at radius 3 is 2.81 bits per heavy atom. The van der Waals surface area contributed by atoms with Crippen LogP contribution in [0.2, 0.25) is 0 Å². The largest absolute Gasteiger partial charge is 0.355 e. The number of rotatable bonds is 6. The highest BCUT2D eigenvalue weighted by molar-refractivity contribution is 5.93. The lowest BCUT2D eigenvalue weighted by molar-refractivity contribution is -0.116. The summed E-state index contributed by atoms with van der Waals surface area (Å²) in [6.07, 6.45) is 3.89. The second-order valence-corrected chi connectivity index (χ2v) is 8.36. The van der Waals surface area contributed by atoms with Crippen molar-refractivity contribution >= 4 is 23.5 Å². The lowest BCUT2D eigenvalue weighted by Crippen LogP contribution is -2.56. The van der Waals surface area contributed by atoms with Gasteiger partial charge in [0.1, 0.15) is 17.2 Å². The number of anilines is 2. The van der Waals surface area contributed by atoms with E-state index in [1.54, 1.807) is 16.8 Å². The number of hydrogen-bond acceptors (Lipinski definition) is 6. The zero-order valence-corrected chi connectivity index (χ0v) is 18.6. The second kappa shape index (κ2) is 9.52. The van der Waals surface area contributed by atoms with Crippen LogP contribution in [-0.4, -0.2) is 59.0 Å². The number of fused-ring (bicyclic) bond motifs is 3. The number of piperazine rings is 1. The van der Waals surface area contributed by atoms with E-state index in [9.17, 15) is 14.4 Å². The minimum atomic E-state index is -0.347. The third kappa shape index (κ3) is 4.52. The van der Waals surface area contributed by atoms with Crippen molar-refractivity contribution in [1.29, 1.82) is 0 Å². The molecule has 0 aliphatic carbocycles. The third-order valence-corrected chi connectivity index (χ3v) is 6.14. The van der Waals surface area contributed by atoms with Gasteiger partial charge >= 0.3 is 0 Å². The summed E-state index contributed by atoms with van der Waals surface area (Å²) in [6.45, 7) is 5.94. The van der Waals surface area contributed by atoms with Gasteiger partial charge in [0, 0.05) is 58.4 Å². The Labute approximate surface area is 187 Å². The van der Waals surface area contributed by atoms with E-state index in [-0.39, 0.29) is 22.9 Å². The van der Waals surface area contributed by atoms with Gasteiger partial charge < -0.3 is 15.5 Å². The topological polar surface area (TPSA) is 99.6 Å². The first kappa shape index (κ1) is 22.0. The molecule has 1 atom stereocenters. The monoisotopic (exact) mass is 438 g/mol. The SMILES string of the molecule is CCCC(=O)Nc1cc(CN2CCN3c4ccc(C(=O)NC)c(=O)n4CCC3C2)ccn1. The van der Waals surface area contributed by atoms with E-state index in [0.29, 0.717) is 24.8 Å². The molecular weight excluding hydrogens is 408 g/mol. The lowest BCUT2D eigenvalue weighted by atomic mass is 10.0. The normalized spacial score (nSPS) is 17.9. The number of pyridine rings is 2. The first-order valence-corrected chi connectivity index (χ1v) is 11.2. The molecular formula is C23H30N6O3. The smallest absolute Gasteiger partial charge is 0.264 e. The molecule has 9 nitrogen and oxygen atoms in total. The van der Waals surface area contributed by atoms with Gasteiger partial charge in [-0.2, -0.15) is 0 Å². The number of amides is 2. The Kier molecular flexibility index (Phi) is 6.55. The van der Waals surface area contributed by atoms with Crippen LogP contribution in [0.5, 0.6) is 0 Å². The van der Waals surface area contributed by atoms with Crippen molar-refractivity contribution in [3.8, 4) is 0 Å². The first-order valence-electron chi connectivity index (χ1n) is 11.2. The summed E-state index contributed by atoms with van der Waals surface area (Å²) >= 11 is 0. The predicted molar refractivity (Wildman–Crippen MR) is 123 cm³/mol. The summed E-state index contributed by atoms with van der Waals surface area (Å²) in [4.78, 5) is 45.5. The fourth-order valence-corrected chi connectivity index (χ4v) is 4.56. The molecule has 0 radical (unpaired) electrons. The molecule has 1 unspecified atom stereocenters. The quantitative estimate of drug-likeness (QED) is 0.708. The summed E-state index contributed by atoms with van der Waals surface area (Å²) in [5, 5.41) is 5.40. The molecule has 2 aliphatic heterocycles. The van der Waals surface area contributed by atoms with Crippen LogP contribution in [0.1, 0.15) is 42.1 Å². The van der Waals surface area contributed by atoms with E-state index >= 15 is 0 Å². The van der Waals surface area contributed by atoms with Gasteiger partial charge in [-0.1, -0.05) is 6.92 Å². The average Bonchev–Trinajstić information content (AvgIpc) is 2.79. The minimum Gasteiger partial charge on any atom is -0.355 e. The molecule has 4 heterocycles. The molecule has 1 fully saturated rings. The standard InChI is InChI=1S/C23H30N6O3/c1-3-4-20(30)26-19-13-16(7-9-25-19)14-27-11-12-28-17(15-27)8-10-29-21(28)6-5-18(23(29)32)22(31)24-2/h5-7,9,13,17H,3-4,8,10-12,14-15H2,1-2H3,(H,24,31)(H,25,26,30). The van der Waals surface area contributed by atoms with E-state index in [2.05, 4.69) is 25.4 Å². The number of nitrogens with one attached hydrogen (secondary N) is 2. The number of hydrogen-bond donors (Lipinski definition) is 2. The Bertz CT molecular complexity index is 1070. The molecule has 2 N–H and O–H groups in total. The van der Waals surface area contributed by atoms with Gasteiger partial charge in [-0.15, -0.1) is 0 Å². The number of carbonyl (C=O) groups excluding carboxylic acids is 2. The highest BCUT2D eigenvalue weighted by Gasteiger charge is 2.33. The zero-order valence-electron chi connectivity index (χ0n) is 18.6. The van der Waals surface area contributed by atoms with E-state index in [1.807, 2.05) is 25.1 Å². The molecule has 2 amide bonds. The van der Waals surface area contributed by atoms with Crippen LogP contribution in [0.4, 0.5) is 11.6 Å². The van der Waals surface area contributed by atoms with E-state index in [0.717, 1.165) is 50.4 Å². The van der Waals surface area contributed by atoms with Crippen LogP contribution < -0.4 is 21.1 Å². The summed E-state index contributed by atoms with van der Waals surface area (Å²) in [7, 11) is 1.53. The van der Waals surface area contributed by atoms with Gasteiger partial charge in [0.05, 0.1) is 0 Å². The predicted octanol–water partition coefficient (Wildman–Crippen LogP) is 1.44. The van der Waals surface area contributed by atoms with Crippen molar-refractivity contribution in [3.63, 3.8) is 0 Å². The fraction of sp³-hybridized carbons (Fsp3) is 0.478. The number of aromatic nitrogens is 2.